The molecule has 2 heterocycles. The first kappa shape index (κ1) is 12.3. The second-order valence-corrected chi connectivity index (χ2v) is 5.28. The van der Waals surface area contributed by atoms with E-state index in [4.69, 9.17) is 9.47 Å². The monoisotopic (exact) mass is 227 g/mol. The summed E-state index contributed by atoms with van der Waals surface area (Å²) in [5.41, 5.74) is 0.0291. The summed E-state index contributed by atoms with van der Waals surface area (Å²) in [4.78, 5) is 0. The summed E-state index contributed by atoms with van der Waals surface area (Å²) >= 11 is 0. The Morgan fingerprint density at radius 2 is 2.25 bits per heavy atom. The zero-order chi connectivity index (χ0) is 11.4. The van der Waals surface area contributed by atoms with Crippen molar-refractivity contribution in [3.63, 3.8) is 0 Å². The third-order valence-electron chi connectivity index (χ3n) is 4.00. The van der Waals surface area contributed by atoms with Gasteiger partial charge >= 0.3 is 0 Å². The molecule has 0 saturated carbocycles. The van der Waals surface area contributed by atoms with Gasteiger partial charge in [0, 0.05) is 25.2 Å². The Hall–Kier alpha value is -0.120. The Bertz CT molecular complexity index is 208. The molecule has 2 fully saturated rings. The van der Waals surface area contributed by atoms with Crippen molar-refractivity contribution in [2.75, 3.05) is 26.4 Å². The van der Waals surface area contributed by atoms with Crippen LogP contribution in [0.3, 0.4) is 0 Å². The molecule has 0 spiro atoms. The van der Waals surface area contributed by atoms with Gasteiger partial charge in [0.05, 0.1) is 12.2 Å². The number of rotatable bonds is 4. The maximum atomic E-state index is 5.99. The maximum Gasteiger partial charge on any atom is 0.0811 e. The molecule has 3 unspecified atom stereocenters. The fourth-order valence-corrected chi connectivity index (χ4v) is 3.18. The summed E-state index contributed by atoms with van der Waals surface area (Å²) < 4.78 is 11.6. The predicted octanol–water partition coefficient (Wildman–Crippen LogP) is 1.96. The smallest absolute Gasteiger partial charge is 0.0811 e. The number of hydrogen-bond acceptors (Lipinski definition) is 3. The van der Waals surface area contributed by atoms with E-state index in [0.29, 0.717) is 12.0 Å². The lowest BCUT2D eigenvalue weighted by molar-refractivity contribution is -0.0563. The Morgan fingerprint density at radius 1 is 1.38 bits per heavy atom. The summed E-state index contributed by atoms with van der Waals surface area (Å²) in [5.74, 6) is 0.622. The van der Waals surface area contributed by atoms with Crippen molar-refractivity contribution in [3.8, 4) is 0 Å². The van der Waals surface area contributed by atoms with E-state index >= 15 is 0 Å². The molecule has 94 valence electrons. The van der Waals surface area contributed by atoms with Crippen LogP contribution in [0.25, 0.3) is 0 Å². The number of hydrogen-bond donors (Lipinski definition) is 1. The molecule has 0 bridgehead atoms. The molecule has 1 N–H and O–H groups in total. The van der Waals surface area contributed by atoms with Crippen LogP contribution in [0.1, 0.15) is 39.5 Å². The quantitative estimate of drug-likeness (QED) is 0.796. The van der Waals surface area contributed by atoms with Crippen LogP contribution in [0.4, 0.5) is 0 Å². The highest BCUT2D eigenvalue weighted by molar-refractivity contribution is 4.96. The molecule has 16 heavy (non-hydrogen) atoms. The maximum absolute atomic E-state index is 5.99. The minimum atomic E-state index is 0.0291. The van der Waals surface area contributed by atoms with Crippen molar-refractivity contribution in [2.24, 2.45) is 5.92 Å². The highest BCUT2D eigenvalue weighted by Gasteiger charge is 2.42. The highest BCUT2D eigenvalue weighted by Crippen LogP contribution is 2.34. The third-order valence-corrected chi connectivity index (χ3v) is 4.00. The lowest BCUT2D eigenvalue weighted by atomic mass is 9.81. The lowest BCUT2D eigenvalue weighted by Crippen LogP contribution is -2.54. The molecule has 3 nitrogen and oxygen atoms in total. The normalized spacial score (nSPS) is 37.5. The van der Waals surface area contributed by atoms with Gasteiger partial charge < -0.3 is 14.8 Å². The van der Waals surface area contributed by atoms with Crippen LogP contribution < -0.4 is 5.32 Å². The molecular weight excluding hydrogens is 202 g/mol. The minimum absolute atomic E-state index is 0.0291. The van der Waals surface area contributed by atoms with E-state index in [-0.39, 0.29) is 5.60 Å². The van der Waals surface area contributed by atoms with Crippen LogP contribution >= 0.6 is 0 Å². The molecule has 0 aromatic heterocycles. The molecular formula is C13H25NO2. The van der Waals surface area contributed by atoms with Crippen molar-refractivity contribution in [1.82, 2.24) is 5.32 Å². The van der Waals surface area contributed by atoms with Crippen molar-refractivity contribution in [2.45, 2.75) is 51.2 Å². The zero-order valence-corrected chi connectivity index (χ0v) is 10.6. The Kier molecular flexibility index (Phi) is 4.22. The average molecular weight is 227 g/mol. The van der Waals surface area contributed by atoms with E-state index in [1.807, 2.05) is 0 Å². The molecule has 0 amide bonds. The molecule has 2 aliphatic rings. The van der Waals surface area contributed by atoms with Crippen molar-refractivity contribution in [1.29, 1.82) is 0 Å². The largest absolute Gasteiger partial charge is 0.381 e. The van der Waals surface area contributed by atoms with Gasteiger partial charge in [0.2, 0.25) is 0 Å². The van der Waals surface area contributed by atoms with E-state index in [9.17, 15) is 0 Å². The molecule has 2 aliphatic heterocycles. The van der Waals surface area contributed by atoms with Gasteiger partial charge in [-0.2, -0.15) is 0 Å². The van der Waals surface area contributed by atoms with Gasteiger partial charge in [0.15, 0.2) is 0 Å². The lowest BCUT2D eigenvalue weighted by Gasteiger charge is -2.40. The van der Waals surface area contributed by atoms with Crippen LogP contribution in [0.15, 0.2) is 0 Å². The van der Waals surface area contributed by atoms with Crippen molar-refractivity contribution < 1.29 is 9.47 Å². The SMILES string of the molecule is CCNC(C1CCCOC1)C1(C)CCCO1. The Morgan fingerprint density at radius 3 is 2.81 bits per heavy atom. The molecule has 0 radical (unpaired) electrons. The molecule has 0 aliphatic carbocycles. The summed E-state index contributed by atoms with van der Waals surface area (Å²) in [5, 5.41) is 3.63. The summed E-state index contributed by atoms with van der Waals surface area (Å²) in [6, 6.07) is 0.459. The first-order valence-electron chi connectivity index (χ1n) is 6.71. The van der Waals surface area contributed by atoms with E-state index in [1.165, 1.54) is 25.7 Å². The van der Waals surface area contributed by atoms with Gasteiger partial charge in [-0.25, -0.2) is 0 Å². The fraction of sp³-hybridized carbons (Fsp3) is 1.00. The first-order chi connectivity index (χ1) is 7.76. The summed E-state index contributed by atoms with van der Waals surface area (Å²) in [7, 11) is 0. The molecule has 0 aromatic rings. The molecule has 3 atom stereocenters. The van der Waals surface area contributed by atoms with Crippen molar-refractivity contribution >= 4 is 0 Å². The summed E-state index contributed by atoms with van der Waals surface area (Å²) in [6.07, 6.45) is 4.85. The Labute approximate surface area is 98.9 Å². The van der Waals surface area contributed by atoms with Gasteiger partial charge in [-0.05, 0) is 39.2 Å². The van der Waals surface area contributed by atoms with E-state index in [1.54, 1.807) is 0 Å². The molecule has 3 heteroatoms. The van der Waals surface area contributed by atoms with Gasteiger partial charge in [-0.1, -0.05) is 6.92 Å². The van der Waals surface area contributed by atoms with Gasteiger partial charge in [0.25, 0.3) is 0 Å². The molecule has 2 rings (SSSR count). The topological polar surface area (TPSA) is 30.5 Å². The minimum Gasteiger partial charge on any atom is -0.381 e. The zero-order valence-electron chi connectivity index (χ0n) is 10.6. The standard InChI is InChI=1S/C13H25NO2/c1-3-14-12(11-6-4-8-15-10-11)13(2)7-5-9-16-13/h11-12,14H,3-10H2,1-2H3. The first-order valence-corrected chi connectivity index (χ1v) is 6.71. The van der Waals surface area contributed by atoms with E-state index < -0.39 is 0 Å². The predicted molar refractivity (Wildman–Crippen MR) is 64.6 cm³/mol. The Balaban J connectivity index is 2.02. The van der Waals surface area contributed by atoms with Crippen LogP contribution in [0, 0.1) is 5.92 Å². The van der Waals surface area contributed by atoms with Crippen LogP contribution in [-0.2, 0) is 9.47 Å². The highest BCUT2D eigenvalue weighted by atomic mass is 16.5. The van der Waals surface area contributed by atoms with Crippen molar-refractivity contribution in [3.05, 3.63) is 0 Å². The van der Waals surface area contributed by atoms with Gasteiger partial charge in [0.1, 0.15) is 0 Å². The molecule has 0 aromatic carbocycles. The summed E-state index contributed by atoms with van der Waals surface area (Å²) in [6.45, 7) is 8.21. The third kappa shape index (κ3) is 2.58. The fourth-order valence-electron chi connectivity index (χ4n) is 3.18. The average Bonchev–Trinajstić information content (AvgIpc) is 2.75. The second-order valence-electron chi connectivity index (χ2n) is 5.28. The van der Waals surface area contributed by atoms with E-state index in [2.05, 4.69) is 19.2 Å². The number of ether oxygens (including phenoxy) is 2. The second kappa shape index (κ2) is 5.48. The number of likely N-dealkylation sites (N-methyl/N-ethyl adjacent to an activating group) is 1. The number of nitrogens with one attached hydrogen (secondary N) is 1. The van der Waals surface area contributed by atoms with E-state index in [0.717, 1.165) is 26.4 Å². The van der Waals surface area contributed by atoms with Gasteiger partial charge in [-0.15, -0.1) is 0 Å². The van der Waals surface area contributed by atoms with Gasteiger partial charge in [-0.3, -0.25) is 0 Å². The van der Waals surface area contributed by atoms with Crippen LogP contribution in [0.2, 0.25) is 0 Å². The van der Waals surface area contributed by atoms with Crippen LogP contribution in [0.5, 0.6) is 0 Å². The molecule has 2 saturated heterocycles. The van der Waals surface area contributed by atoms with Crippen LogP contribution in [-0.4, -0.2) is 38.0 Å².